The number of hydrogen-bond donors (Lipinski definition) is 4. The molecule has 0 saturated heterocycles. The molecule has 3 rings (SSSR count). The predicted octanol–water partition coefficient (Wildman–Crippen LogP) is 4.82. The number of hydrogen-bond acceptors (Lipinski definition) is 6. The van der Waals surface area contributed by atoms with Gasteiger partial charge in [-0.05, 0) is 60.1 Å². The number of benzene rings is 3. The highest BCUT2D eigenvalue weighted by atomic mass is 32.2. The second kappa shape index (κ2) is 19.4. The topological polar surface area (TPSA) is 125 Å². The van der Waals surface area contributed by atoms with E-state index in [0.29, 0.717) is 37.8 Å². The zero-order chi connectivity index (χ0) is 35.1. The number of carbonyl (C=O) groups is 2. The van der Waals surface area contributed by atoms with Gasteiger partial charge in [0.2, 0.25) is 11.8 Å². The average molecular weight is 686 g/mol. The lowest BCUT2D eigenvalue weighted by molar-refractivity contribution is -0.129. The normalized spacial score (nSPS) is 13.6. The number of carbonyl (C=O) groups excluding carboxylic acids is 2. The Morgan fingerprint density at radius 2 is 1.42 bits per heavy atom. The zero-order valence-electron chi connectivity index (χ0n) is 28.1. The maximum atomic E-state index is 14.1. The van der Waals surface area contributed by atoms with Crippen molar-refractivity contribution in [2.45, 2.75) is 95.7 Å². The van der Waals surface area contributed by atoms with E-state index in [1.807, 2.05) is 38.1 Å². The summed E-state index contributed by atoms with van der Waals surface area (Å²) < 4.78 is 55.4. The van der Waals surface area contributed by atoms with Crippen LogP contribution in [0.2, 0.25) is 0 Å². The molecule has 0 aromatic heterocycles. The van der Waals surface area contributed by atoms with Gasteiger partial charge in [0, 0.05) is 19.2 Å². The van der Waals surface area contributed by atoms with Crippen molar-refractivity contribution >= 4 is 21.7 Å². The fraction of sp³-hybridized carbons (Fsp3) is 0.459. The van der Waals surface area contributed by atoms with Gasteiger partial charge in [0.1, 0.15) is 17.7 Å². The van der Waals surface area contributed by atoms with E-state index in [2.05, 4.69) is 22.9 Å². The lowest BCUT2D eigenvalue weighted by Gasteiger charge is -2.28. The van der Waals surface area contributed by atoms with Crippen LogP contribution in [0.15, 0.2) is 72.8 Å². The van der Waals surface area contributed by atoms with Gasteiger partial charge in [-0.1, -0.05) is 88.2 Å². The summed E-state index contributed by atoms with van der Waals surface area (Å²) in [5.41, 5.74) is 3.03. The SMILES string of the molecule is CCCC(CCC)S(=O)(=O)CC(NC(=O)Cc1ccccc1)C(=O)N[C@@H](Cc1cc(F)cc(F)c1)[C@H](O)CNCc1cccc(CC)c1. The van der Waals surface area contributed by atoms with E-state index in [-0.39, 0.29) is 24.9 Å². The number of sulfone groups is 1. The molecule has 2 amide bonds. The van der Waals surface area contributed by atoms with Gasteiger partial charge in [-0.3, -0.25) is 9.59 Å². The van der Waals surface area contributed by atoms with Crippen LogP contribution in [0.5, 0.6) is 0 Å². The molecule has 8 nitrogen and oxygen atoms in total. The summed E-state index contributed by atoms with van der Waals surface area (Å²) in [4.78, 5) is 27.0. The number of aryl methyl sites for hydroxylation is 1. The van der Waals surface area contributed by atoms with Crippen molar-refractivity contribution in [2.24, 2.45) is 0 Å². The van der Waals surface area contributed by atoms with Crippen LogP contribution in [-0.4, -0.2) is 61.1 Å². The average Bonchev–Trinajstić information content (AvgIpc) is 3.04. The molecule has 3 aromatic rings. The minimum absolute atomic E-state index is 0.0114. The third kappa shape index (κ3) is 12.7. The lowest BCUT2D eigenvalue weighted by Crippen LogP contribution is -2.57. The van der Waals surface area contributed by atoms with E-state index in [4.69, 9.17) is 0 Å². The molecule has 0 radical (unpaired) electrons. The summed E-state index contributed by atoms with van der Waals surface area (Å²) in [5.74, 6) is -3.61. The van der Waals surface area contributed by atoms with Crippen LogP contribution in [0.4, 0.5) is 8.78 Å². The van der Waals surface area contributed by atoms with E-state index < -0.39 is 62.5 Å². The molecule has 4 N–H and O–H groups in total. The summed E-state index contributed by atoms with van der Waals surface area (Å²) >= 11 is 0. The molecule has 0 spiro atoms. The maximum Gasteiger partial charge on any atom is 0.243 e. The van der Waals surface area contributed by atoms with E-state index in [1.54, 1.807) is 30.3 Å². The van der Waals surface area contributed by atoms with Gasteiger partial charge >= 0.3 is 0 Å². The van der Waals surface area contributed by atoms with Crippen molar-refractivity contribution in [3.05, 3.63) is 107 Å². The highest BCUT2D eigenvalue weighted by Gasteiger charge is 2.34. The molecule has 3 aromatic carbocycles. The third-order valence-corrected chi connectivity index (χ3v) is 10.5. The van der Waals surface area contributed by atoms with Gasteiger partial charge in [0.25, 0.3) is 0 Å². The van der Waals surface area contributed by atoms with Crippen molar-refractivity contribution in [1.82, 2.24) is 16.0 Å². The molecule has 0 aliphatic carbocycles. The first-order valence-electron chi connectivity index (χ1n) is 16.7. The molecule has 1 unspecified atom stereocenters. The molecule has 11 heteroatoms. The van der Waals surface area contributed by atoms with Crippen molar-refractivity contribution in [3.63, 3.8) is 0 Å². The number of aliphatic hydroxyl groups excluding tert-OH is 1. The van der Waals surface area contributed by atoms with Crippen LogP contribution in [0.1, 0.15) is 68.7 Å². The Kier molecular flexibility index (Phi) is 15.6. The highest BCUT2D eigenvalue weighted by Crippen LogP contribution is 2.18. The summed E-state index contributed by atoms with van der Waals surface area (Å²) in [5, 5.41) is 19.1. The Morgan fingerprint density at radius 3 is 2.04 bits per heavy atom. The van der Waals surface area contributed by atoms with E-state index in [0.717, 1.165) is 35.7 Å². The largest absolute Gasteiger partial charge is 0.390 e. The molecule has 3 atom stereocenters. The van der Waals surface area contributed by atoms with E-state index in [1.165, 1.54) is 0 Å². The van der Waals surface area contributed by atoms with Crippen LogP contribution >= 0.6 is 0 Å². The number of aliphatic hydroxyl groups is 1. The van der Waals surface area contributed by atoms with Crippen LogP contribution < -0.4 is 16.0 Å². The minimum Gasteiger partial charge on any atom is -0.390 e. The summed E-state index contributed by atoms with van der Waals surface area (Å²) in [6, 6.07) is 17.2. The number of nitrogens with one attached hydrogen (secondary N) is 3. The first-order valence-corrected chi connectivity index (χ1v) is 18.4. The Labute approximate surface area is 283 Å². The van der Waals surface area contributed by atoms with Gasteiger partial charge in [0.05, 0.1) is 29.6 Å². The van der Waals surface area contributed by atoms with Gasteiger partial charge in [-0.2, -0.15) is 0 Å². The summed E-state index contributed by atoms with van der Waals surface area (Å²) in [6.07, 6.45) is 1.51. The third-order valence-electron chi connectivity index (χ3n) is 8.24. The molecule has 0 fully saturated rings. The molecule has 0 saturated carbocycles. The predicted molar refractivity (Wildman–Crippen MR) is 185 cm³/mol. The molecular formula is C37H49F2N3O5S. The fourth-order valence-electron chi connectivity index (χ4n) is 5.74. The summed E-state index contributed by atoms with van der Waals surface area (Å²) in [7, 11) is -3.84. The standard InChI is InChI=1S/C37H49F2N3O5S/c1-4-11-32(12-5-2)48(46,47)25-34(41-36(44)21-27-13-8-7-9-14-27)37(45)42-33(20-29-18-30(38)22-31(39)19-29)35(43)24-40-23-28-16-10-15-26(6-3)17-28/h7-10,13-19,22,32-35,40,43H,4-6,11-12,20-21,23-25H2,1-3H3,(H,41,44)(H,42,45)/t33-,34?,35+/m0/s1. The van der Waals surface area contributed by atoms with Crippen LogP contribution in [0, 0.1) is 11.6 Å². The quantitative estimate of drug-likeness (QED) is 0.135. The van der Waals surface area contributed by atoms with Crippen molar-refractivity contribution < 1.29 is 31.9 Å². The first-order chi connectivity index (χ1) is 22.9. The first kappa shape index (κ1) is 38.8. The second-order valence-corrected chi connectivity index (χ2v) is 14.6. The maximum absolute atomic E-state index is 14.1. The summed E-state index contributed by atoms with van der Waals surface area (Å²) in [6.45, 7) is 6.26. The van der Waals surface area contributed by atoms with Crippen molar-refractivity contribution in [3.8, 4) is 0 Å². The van der Waals surface area contributed by atoms with Crippen molar-refractivity contribution in [1.29, 1.82) is 0 Å². The van der Waals surface area contributed by atoms with Gasteiger partial charge < -0.3 is 21.1 Å². The lowest BCUT2D eigenvalue weighted by atomic mass is 10.00. The Balaban J connectivity index is 1.86. The van der Waals surface area contributed by atoms with Gasteiger partial charge in [-0.15, -0.1) is 0 Å². The van der Waals surface area contributed by atoms with Gasteiger partial charge in [-0.25, -0.2) is 17.2 Å². The molecular weight excluding hydrogens is 636 g/mol. The Morgan fingerprint density at radius 1 is 0.792 bits per heavy atom. The molecule has 0 bridgehead atoms. The molecule has 0 heterocycles. The molecule has 48 heavy (non-hydrogen) atoms. The zero-order valence-corrected chi connectivity index (χ0v) is 28.9. The van der Waals surface area contributed by atoms with Crippen LogP contribution in [-0.2, 0) is 45.2 Å². The minimum atomic E-state index is -3.84. The molecule has 262 valence electrons. The monoisotopic (exact) mass is 685 g/mol. The smallest absolute Gasteiger partial charge is 0.243 e. The molecule has 0 aliphatic heterocycles. The fourth-order valence-corrected chi connectivity index (χ4v) is 7.90. The number of halogens is 2. The Bertz CT molecular complexity index is 1550. The van der Waals surface area contributed by atoms with E-state index >= 15 is 0 Å². The highest BCUT2D eigenvalue weighted by molar-refractivity contribution is 7.92. The molecule has 0 aliphatic rings. The number of amides is 2. The van der Waals surface area contributed by atoms with Gasteiger partial charge in [0.15, 0.2) is 9.84 Å². The van der Waals surface area contributed by atoms with Crippen LogP contribution in [0.25, 0.3) is 0 Å². The van der Waals surface area contributed by atoms with Crippen molar-refractivity contribution in [2.75, 3.05) is 12.3 Å². The second-order valence-electron chi connectivity index (χ2n) is 12.3. The van der Waals surface area contributed by atoms with E-state index in [9.17, 15) is 31.9 Å². The number of rotatable bonds is 20. The Hall–Kier alpha value is -3.67. The van der Waals surface area contributed by atoms with Crippen LogP contribution in [0.3, 0.4) is 0 Å².